The molecular formula is C20H25N3O2. The summed E-state index contributed by atoms with van der Waals surface area (Å²) in [6.45, 7) is 3.98. The smallest absolute Gasteiger partial charge is 0.234 e. The van der Waals surface area contributed by atoms with E-state index >= 15 is 0 Å². The summed E-state index contributed by atoms with van der Waals surface area (Å²) in [6.07, 6.45) is 5.83. The third-order valence-electron chi connectivity index (χ3n) is 6.28. The van der Waals surface area contributed by atoms with Gasteiger partial charge >= 0.3 is 0 Å². The zero-order valence-electron chi connectivity index (χ0n) is 14.6. The number of nitrogens with zero attached hydrogens (tertiary/aromatic N) is 3. The molecule has 1 saturated carbocycles. The maximum absolute atomic E-state index is 5.80. The van der Waals surface area contributed by atoms with Crippen LogP contribution in [0.3, 0.4) is 0 Å². The van der Waals surface area contributed by atoms with Gasteiger partial charge in [-0.1, -0.05) is 41.9 Å². The third-order valence-corrected chi connectivity index (χ3v) is 6.28. The quantitative estimate of drug-likeness (QED) is 0.854. The first-order valence-electron chi connectivity index (χ1n) is 9.55. The molecule has 1 aromatic carbocycles. The van der Waals surface area contributed by atoms with E-state index in [4.69, 9.17) is 14.2 Å². The van der Waals surface area contributed by atoms with Gasteiger partial charge in [0, 0.05) is 26.2 Å². The van der Waals surface area contributed by atoms with Gasteiger partial charge in [-0.2, -0.15) is 4.98 Å². The minimum atomic E-state index is 0.0376. The molecule has 0 bridgehead atoms. The number of benzene rings is 1. The Balaban J connectivity index is 1.37. The van der Waals surface area contributed by atoms with E-state index in [9.17, 15) is 0 Å². The van der Waals surface area contributed by atoms with Gasteiger partial charge < -0.3 is 9.26 Å². The van der Waals surface area contributed by atoms with E-state index in [1.165, 1.54) is 18.4 Å². The summed E-state index contributed by atoms with van der Waals surface area (Å²) in [7, 11) is 0. The molecule has 5 rings (SSSR count). The van der Waals surface area contributed by atoms with E-state index in [1.54, 1.807) is 0 Å². The zero-order valence-corrected chi connectivity index (χ0v) is 14.6. The Kier molecular flexibility index (Phi) is 3.86. The highest BCUT2D eigenvalue weighted by atomic mass is 16.5. The lowest BCUT2D eigenvalue weighted by Crippen LogP contribution is -2.32. The molecule has 0 N–H and O–H groups in total. The van der Waals surface area contributed by atoms with Crippen LogP contribution in [0.15, 0.2) is 34.9 Å². The Morgan fingerprint density at radius 2 is 2.08 bits per heavy atom. The SMILES string of the molecule is c1ccc(CN2C[C@H]3CCC[C@@]3(c3nc([C@H]4CCCO4)no3)C2)cc1. The number of hydrogen-bond acceptors (Lipinski definition) is 5. The van der Waals surface area contributed by atoms with Crippen LogP contribution >= 0.6 is 0 Å². The van der Waals surface area contributed by atoms with Gasteiger partial charge in [-0.3, -0.25) is 4.90 Å². The Labute approximate surface area is 148 Å². The molecule has 3 heterocycles. The zero-order chi connectivity index (χ0) is 16.7. The summed E-state index contributed by atoms with van der Waals surface area (Å²) >= 11 is 0. The van der Waals surface area contributed by atoms with Crippen molar-refractivity contribution in [2.75, 3.05) is 19.7 Å². The normalized spacial score (nSPS) is 32.3. The van der Waals surface area contributed by atoms with Crippen LogP contribution in [0.1, 0.15) is 55.5 Å². The van der Waals surface area contributed by atoms with E-state index < -0.39 is 0 Å². The lowest BCUT2D eigenvalue weighted by molar-refractivity contribution is 0.103. The molecule has 3 fully saturated rings. The second kappa shape index (κ2) is 6.22. The fourth-order valence-corrected chi connectivity index (χ4v) is 5.05. The van der Waals surface area contributed by atoms with Crippen LogP contribution in [-0.4, -0.2) is 34.7 Å². The van der Waals surface area contributed by atoms with Crippen molar-refractivity contribution in [3.8, 4) is 0 Å². The van der Waals surface area contributed by atoms with Crippen LogP contribution in [-0.2, 0) is 16.7 Å². The van der Waals surface area contributed by atoms with Gasteiger partial charge in [0.15, 0.2) is 0 Å². The molecule has 5 heteroatoms. The van der Waals surface area contributed by atoms with E-state index in [1.807, 2.05) is 0 Å². The van der Waals surface area contributed by atoms with Gasteiger partial charge in [0.2, 0.25) is 11.7 Å². The molecule has 3 atom stereocenters. The molecule has 1 aliphatic carbocycles. The van der Waals surface area contributed by atoms with Crippen molar-refractivity contribution in [1.82, 2.24) is 15.0 Å². The molecule has 5 nitrogen and oxygen atoms in total. The molecule has 0 unspecified atom stereocenters. The lowest BCUT2D eigenvalue weighted by Gasteiger charge is -2.24. The van der Waals surface area contributed by atoms with Crippen LogP contribution in [0.2, 0.25) is 0 Å². The fraction of sp³-hybridized carbons (Fsp3) is 0.600. The van der Waals surface area contributed by atoms with E-state index in [2.05, 4.69) is 40.4 Å². The summed E-state index contributed by atoms with van der Waals surface area (Å²) in [6, 6.07) is 10.7. The van der Waals surface area contributed by atoms with Crippen molar-refractivity contribution >= 4 is 0 Å². The van der Waals surface area contributed by atoms with E-state index in [-0.39, 0.29) is 11.5 Å². The molecule has 0 amide bonds. The van der Waals surface area contributed by atoms with Gasteiger partial charge in [0.1, 0.15) is 6.10 Å². The molecule has 3 aliphatic rings. The Bertz CT molecular complexity index is 726. The Morgan fingerprint density at radius 3 is 2.92 bits per heavy atom. The van der Waals surface area contributed by atoms with Crippen molar-refractivity contribution in [3.05, 3.63) is 47.6 Å². The van der Waals surface area contributed by atoms with Crippen LogP contribution in [0.5, 0.6) is 0 Å². The number of likely N-dealkylation sites (tertiary alicyclic amines) is 1. The van der Waals surface area contributed by atoms with Crippen molar-refractivity contribution in [2.45, 2.75) is 50.2 Å². The van der Waals surface area contributed by atoms with Crippen LogP contribution in [0, 0.1) is 5.92 Å². The lowest BCUT2D eigenvalue weighted by atomic mass is 9.80. The Hall–Kier alpha value is -1.72. The minimum Gasteiger partial charge on any atom is -0.370 e. The number of ether oxygens (including phenoxy) is 1. The summed E-state index contributed by atoms with van der Waals surface area (Å²) in [4.78, 5) is 7.38. The van der Waals surface area contributed by atoms with Gasteiger partial charge in [-0.05, 0) is 37.2 Å². The standard InChI is InChI=1S/C20H25N3O2/c1-2-6-15(7-3-1)12-23-13-16-8-4-10-20(16,14-23)19-21-18(22-25-19)17-9-5-11-24-17/h1-3,6-7,16-17H,4-5,8-14H2/t16-,17-,20-/m1/s1. The Morgan fingerprint density at radius 1 is 1.16 bits per heavy atom. The maximum atomic E-state index is 5.80. The highest BCUT2D eigenvalue weighted by molar-refractivity contribution is 5.20. The molecule has 2 aliphatic heterocycles. The van der Waals surface area contributed by atoms with Gasteiger partial charge in [-0.25, -0.2) is 0 Å². The van der Waals surface area contributed by atoms with Crippen LogP contribution < -0.4 is 0 Å². The second-order valence-corrected chi connectivity index (χ2v) is 7.86. The van der Waals surface area contributed by atoms with Crippen molar-refractivity contribution < 1.29 is 9.26 Å². The first kappa shape index (κ1) is 15.5. The molecule has 1 aromatic heterocycles. The number of hydrogen-bond donors (Lipinski definition) is 0. The fourth-order valence-electron chi connectivity index (χ4n) is 5.05. The number of aromatic nitrogens is 2. The second-order valence-electron chi connectivity index (χ2n) is 7.86. The summed E-state index contributed by atoms with van der Waals surface area (Å²) < 4.78 is 11.5. The first-order chi connectivity index (χ1) is 12.3. The highest BCUT2D eigenvalue weighted by Crippen LogP contribution is 2.50. The molecule has 2 saturated heterocycles. The van der Waals surface area contributed by atoms with Gasteiger partial charge in [0.25, 0.3) is 0 Å². The predicted octanol–water partition coefficient (Wildman–Crippen LogP) is 3.47. The average molecular weight is 339 g/mol. The number of rotatable bonds is 4. The van der Waals surface area contributed by atoms with E-state index in [0.717, 1.165) is 57.2 Å². The molecule has 0 radical (unpaired) electrons. The monoisotopic (exact) mass is 339 g/mol. The molecule has 2 aromatic rings. The molecular weight excluding hydrogens is 314 g/mol. The molecule has 0 spiro atoms. The summed E-state index contributed by atoms with van der Waals surface area (Å²) in [5, 5.41) is 4.28. The predicted molar refractivity (Wildman–Crippen MR) is 93.0 cm³/mol. The third kappa shape index (κ3) is 2.70. The van der Waals surface area contributed by atoms with Crippen molar-refractivity contribution in [2.24, 2.45) is 5.92 Å². The van der Waals surface area contributed by atoms with Gasteiger partial charge in [0.05, 0.1) is 5.41 Å². The van der Waals surface area contributed by atoms with Crippen LogP contribution in [0.4, 0.5) is 0 Å². The maximum Gasteiger partial charge on any atom is 0.234 e. The molecule has 25 heavy (non-hydrogen) atoms. The highest BCUT2D eigenvalue weighted by Gasteiger charge is 2.54. The minimum absolute atomic E-state index is 0.0376. The average Bonchev–Trinajstić information content (AvgIpc) is 3.38. The topological polar surface area (TPSA) is 51.4 Å². The first-order valence-corrected chi connectivity index (χ1v) is 9.55. The van der Waals surface area contributed by atoms with E-state index in [0.29, 0.717) is 5.92 Å². The van der Waals surface area contributed by atoms with Gasteiger partial charge in [-0.15, -0.1) is 0 Å². The summed E-state index contributed by atoms with van der Waals surface area (Å²) in [5.41, 5.74) is 1.43. The van der Waals surface area contributed by atoms with Crippen molar-refractivity contribution in [3.63, 3.8) is 0 Å². The largest absolute Gasteiger partial charge is 0.370 e. The van der Waals surface area contributed by atoms with Crippen LogP contribution in [0.25, 0.3) is 0 Å². The molecule has 132 valence electrons. The number of fused-ring (bicyclic) bond motifs is 1. The summed E-state index contributed by atoms with van der Waals surface area (Å²) in [5.74, 6) is 2.25. The van der Waals surface area contributed by atoms with Crippen molar-refractivity contribution in [1.29, 1.82) is 0 Å².